The van der Waals surface area contributed by atoms with Crippen LogP contribution in [0.4, 0.5) is 10.5 Å². The first-order valence-corrected chi connectivity index (χ1v) is 10.0. The molecule has 6 nitrogen and oxygen atoms in total. The zero-order valence-corrected chi connectivity index (χ0v) is 16.2. The molecule has 3 heterocycles. The Morgan fingerprint density at radius 2 is 1.89 bits per heavy atom. The van der Waals surface area contributed by atoms with Crippen molar-refractivity contribution in [3.8, 4) is 11.4 Å². The lowest BCUT2D eigenvalue weighted by Crippen LogP contribution is -2.38. The van der Waals surface area contributed by atoms with Gasteiger partial charge in [0.2, 0.25) is 4.96 Å². The number of nitrogens with one attached hydrogen (secondary N) is 1. The van der Waals surface area contributed by atoms with E-state index in [9.17, 15) is 4.79 Å². The maximum Gasteiger partial charge on any atom is 0.322 e. The van der Waals surface area contributed by atoms with E-state index in [1.165, 1.54) is 0 Å². The average Bonchev–Trinajstić information content (AvgIpc) is 3.28. The number of nitrogens with zero attached hydrogens (tertiary/aromatic N) is 4. The molecule has 2 aromatic heterocycles. The van der Waals surface area contributed by atoms with Gasteiger partial charge in [0.1, 0.15) is 0 Å². The molecule has 1 aliphatic rings. The summed E-state index contributed by atoms with van der Waals surface area (Å²) in [5, 5.41) is 7.72. The van der Waals surface area contributed by atoms with Crippen molar-refractivity contribution < 1.29 is 4.79 Å². The van der Waals surface area contributed by atoms with E-state index in [2.05, 4.69) is 10.3 Å². The number of anilines is 1. The Morgan fingerprint density at radius 1 is 1.11 bits per heavy atom. The summed E-state index contributed by atoms with van der Waals surface area (Å²) in [5.74, 6) is 0.745. The summed E-state index contributed by atoms with van der Waals surface area (Å²) in [4.78, 5) is 21.3. The highest BCUT2D eigenvalue weighted by molar-refractivity contribution is 7.17. The molecule has 2 aromatic carbocycles. The highest BCUT2D eigenvalue weighted by atomic mass is 32.1. The van der Waals surface area contributed by atoms with Crippen molar-refractivity contribution in [3.63, 3.8) is 0 Å². The van der Waals surface area contributed by atoms with Gasteiger partial charge < -0.3 is 10.2 Å². The number of thiazole rings is 1. The number of amides is 2. The van der Waals surface area contributed by atoms with Crippen LogP contribution in [0, 0.1) is 6.92 Å². The van der Waals surface area contributed by atoms with Gasteiger partial charge in [-0.05, 0) is 18.6 Å². The number of fused-ring (bicyclic) bond motifs is 3. The smallest absolute Gasteiger partial charge is 0.319 e. The van der Waals surface area contributed by atoms with Crippen molar-refractivity contribution in [2.24, 2.45) is 0 Å². The molecule has 0 unspecified atom stereocenters. The molecular weight excluding hydrogens is 370 g/mol. The van der Waals surface area contributed by atoms with E-state index in [4.69, 9.17) is 5.10 Å². The highest BCUT2D eigenvalue weighted by Gasteiger charge is 2.26. The fourth-order valence-corrected chi connectivity index (χ4v) is 4.60. The van der Waals surface area contributed by atoms with Crippen molar-refractivity contribution in [2.75, 3.05) is 11.9 Å². The first-order chi connectivity index (χ1) is 13.7. The predicted octanol–water partition coefficient (Wildman–Crippen LogP) is 4.36. The standard InChI is InChI=1S/C21H19N5OS/c1-14-7-5-6-10-16(14)22-20(27)25-12-11-17-18(13-25)28-21-23-19(24-26(17)21)15-8-3-2-4-9-15/h2-10H,11-13H2,1H3,(H,22,27). The molecule has 0 spiro atoms. The van der Waals surface area contributed by atoms with E-state index in [0.717, 1.165) is 44.6 Å². The number of urea groups is 1. The summed E-state index contributed by atoms with van der Waals surface area (Å²) >= 11 is 1.61. The topological polar surface area (TPSA) is 62.5 Å². The molecular formula is C21H19N5OS. The average molecular weight is 389 g/mol. The third-order valence-corrected chi connectivity index (χ3v) is 6.09. The predicted molar refractivity (Wildman–Crippen MR) is 111 cm³/mol. The largest absolute Gasteiger partial charge is 0.322 e. The fraction of sp³-hybridized carbons (Fsp3) is 0.190. The van der Waals surface area contributed by atoms with E-state index in [1.54, 1.807) is 11.3 Å². The number of para-hydroxylation sites is 1. The molecule has 7 heteroatoms. The van der Waals surface area contributed by atoms with Gasteiger partial charge in [-0.15, -0.1) is 5.10 Å². The van der Waals surface area contributed by atoms with Gasteiger partial charge in [-0.3, -0.25) is 0 Å². The zero-order chi connectivity index (χ0) is 19.1. The molecule has 0 radical (unpaired) electrons. The maximum atomic E-state index is 12.7. The number of hydrogen-bond acceptors (Lipinski definition) is 4. The fourth-order valence-electron chi connectivity index (χ4n) is 3.48. The Balaban J connectivity index is 1.37. The minimum atomic E-state index is -0.0658. The lowest BCUT2D eigenvalue weighted by Gasteiger charge is -2.27. The normalized spacial score (nSPS) is 13.5. The Hall–Kier alpha value is -3.19. The number of benzene rings is 2. The van der Waals surface area contributed by atoms with Gasteiger partial charge in [-0.1, -0.05) is 59.9 Å². The van der Waals surface area contributed by atoms with Gasteiger partial charge in [0, 0.05) is 29.1 Å². The molecule has 0 bridgehead atoms. The number of aryl methyl sites for hydroxylation is 1. The second-order valence-electron chi connectivity index (χ2n) is 6.88. The molecule has 28 heavy (non-hydrogen) atoms. The number of rotatable bonds is 2. The highest BCUT2D eigenvalue weighted by Crippen LogP contribution is 2.30. The van der Waals surface area contributed by atoms with E-state index in [1.807, 2.05) is 70.9 Å². The molecule has 1 N–H and O–H groups in total. The lowest BCUT2D eigenvalue weighted by molar-refractivity contribution is 0.206. The second-order valence-corrected chi connectivity index (χ2v) is 7.95. The van der Waals surface area contributed by atoms with Crippen LogP contribution in [0.3, 0.4) is 0 Å². The van der Waals surface area contributed by atoms with Crippen LogP contribution in [0.5, 0.6) is 0 Å². The van der Waals surface area contributed by atoms with Gasteiger partial charge in [0.05, 0.1) is 12.2 Å². The quantitative estimate of drug-likeness (QED) is 0.554. The summed E-state index contributed by atoms with van der Waals surface area (Å²) in [6.45, 7) is 3.24. The van der Waals surface area contributed by atoms with Crippen LogP contribution in [0.2, 0.25) is 0 Å². The van der Waals surface area contributed by atoms with Crippen LogP contribution in [0.1, 0.15) is 16.1 Å². The molecule has 1 aliphatic heterocycles. The third kappa shape index (κ3) is 2.93. The molecule has 0 fully saturated rings. The van der Waals surface area contributed by atoms with Crippen molar-refractivity contribution in [2.45, 2.75) is 19.9 Å². The summed E-state index contributed by atoms with van der Waals surface area (Å²) in [6, 6.07) is 17.8. The monoisotopic (exact) mass is 389 g/mol. The Kier molecular flexibility index (Phi) is 4.09. The van der Waals surface area contributed by atoms with Gasteiger partial charge >= 0.3 is 6.03 Å². The molecule has 4 aromatic rings. The Morgan fingerprint density at radius 3 is 2.71 bits per heavy atom. The van der Waals surface area contributed by atoms with Crippen molar-refractivity contribution in [1.29, 1.82) is 0 Å². The van der Waals surface area contributed by atoms with Crippen LogP contribution in [0.15, 0.2) is 54.6 Å². The van der Waals surface area contributed by atoms with E-state index in [-0.39, 0.29) is 6.03 Å². The SMILES string of the molecule is Cc1ccccc1NC(=O)N1CCc2c(sc3nc(-c4ccccc4)nn23)C1. The van der Waals surface area contributed by atoms with Gasteiger partial charge in [0.15, 0.2) is 5.82 Å². The first-order valence-electron chi connectivity index (χ1n) is 9.23. The minimum absolute atomic E-state index is 0.0658. The third-order valence-electron chi connectivity index (χ3n) is 5.03. The molecule has 140 valence electrons. The summed E-state index contributed by atoms with van der Waals surface area (Å²) < 4.78 is 1.94. The van der Waals surface area contributed by atoms with Gasteiger partial charge in [0.25, 0.3) is 0 Å². The molecule has 0 saturated carbocycles. The van der Waals surface area contributed by atoms with Crippen molar-refractivity contribution in [3.05, 3.63) is 70.7 Å². The first kappa shape index (κ1) is 16.9. The summed E-state index contributed by atoms with van der Waals surface area (Å²) in [6.07, 6.45) is 0.772. The molecule has 2 amide bonds. The van der Waals surface area contributed by atoms with Crippen LogP contribution < -0.4 is 5.32 Å². The van der Waals surface area contributed by atoms with Crippen molar-refractivity contribution >= 4 is 28.0 Å². The van der Waals surface area contributed by atoms with Crippen LogP contribution >= 0.6 is 11.3 Å². The molecule has 0 saturated heterocycles. The summed E-state index contributed by atoms with van der Waals surface area (Å²) in [5.41, 5.74) is 4.09. The van der Waals surface area contributed by atoms with E-state index < -0.39 is 0 Å². The van der Waals surface area contributed by atoms with Crippen LogP contribution in [-0.4, -0.2) is 32.1 Å². The van der Waals surface area contributed by atoms with Crippen LogP contribution in [-0.2, 0) is 13.0 Å². The lowest BCUT2D eigenvalue weighted by atomic mass is 10.2. The second kappa shape index (κ2) is 6.76. The van der Waals surface area contributed by atoms with E-state index >= 15 is 0 Å². The number of carbonyl (C=O) groups excluding carboxylic acids is 1. The molecule has 0 atom stereocenters. The maximum absolute atomic E-state index is 12.7. The Labute approximate surface area is 166 Å². The minimum Gasteiger partial charge on any atom is -0.319 e. The van der Waals surface area contributed by atoms with Crippen molar-refractivity contribution in [1.82, 2.24) is 19.5 Å². The van der Waals surface area contributed by atoms with Crippen LogP contribution in [0.25, 0.3) is 16.3 Å². The van der Waals surface area contributed by atoms with E-state index in [0.29, 0.717) is 13.1 Å². The molecule has 0 aliphatic carbocycles. The zero-order valence-electron chi connectivity index (χ0n) is 15.4. The summed E-state index contributed by atoms with van der Waals surface area (Å²) in [7, 11) is 0. The number of hydrogen-bond donors (Lipinski definition) is 1. The number of aromatic nitrogens is 3. The molecule has 5 rings (SSSR count). The number of carbonyl (C=O) groups is 1. The Bertz CT molecular complexity index is 1160. The van der Waals surface area contributed by atoms with Gasteiger partial charge in [-0.2, -0.15) is 4.98 Å². The van der Waals surface area contributed by atoms with Gasteiger partial charge in [-0.25, -0.2) is 9.31 Å².